The van der Waals surface area contributed by atoms with Crippen molar-refractivity contribution < 1.29 is 4.74 Å². The maximum Gasteiger partial charge on any atom is 0.122 e. The van der Waals surface area contributed by atoms with Crippen molar-refractivity contribution in [2.24, 2.45) is 5.92 Å². The Kier molecular flexibility index (Phi) is 3.99. The Bertz CT molecular complexity index is 318. The number of hydrogen-bond acceptors (Lipinski definition) is 1. The van der Waals surface area contributed by atoms with Crippen molar-refractivity contribution in [3.05, 3.63) is 27.7 Å². The topological polar surface area (TPSA) is 9.23 Å². The van der Waals surface area contributed by atoms with E-state index in [1.165, 1.54) is 11.1 Å². The highest BCUT2D eigenvalue weighted by molar-refractivity contribution is 9.10. The summed E-state index contributed by atoms with van der Waals surface area (Å²) in [7, 11) is 0. The zero-order valence-corrected chi connectivity index (χ0v) is 10.8. The molecule has 0 amide bonds. The van der Waals surface area contributed by atoms with Crippen molar-refractivity contribution in [2.45, 2.75) is 27.7 Å². The second-order valence-corrected chi connectivity index (χ2v) is 4.93. The van der Waals surface area contributed by atoms with Crippen molar-refractivity contribution in [3.8, 4) is 5.75 Å². The van der Waals surface area contributed by atoms with E-state index in [4.69, 9.17) is 4.74 Å². The molecule has 0 fully saturated rings. The van der Waals surface area contributed by atoms with Crippen LogP contribution in [0.15, 0.2) is 16.6 Å². The first-order valence-corrected chi connectivity index (χ1v) is 5.69. The van der Waals surface area contributed by atoms with Crippen LogP contribution in [0.2, 0.25) is 0 Å². The van der Waals surface area contributed by atoms with Crippen LogP contribution in [-0.2, 0) is 0 Å². The van der Waals surface area contributed by atoms with Crippen molar-refractivity contribution in [3.63, 3.8) is 0 Å². The first kappa shape index (κ1) is 11.6. The standard InChI is InChI=1S/C12H17BrO/c1-8(2)7-14-12-6-9(3)11(13)5-10(12)4/h5-6,8H,7H2,1-4H3. The van der Waals surface area contributed by atoms with Crippen LogP contribution in [0.4, 0.5) is 0 Å². The highest BCUT2D eigenvalue weighted by Gasteiger charge is 2.04. The SMILES string of the molecule is Cc1cc(OCC(C)C)c(C)cc1Br. The van der Waals surface area contributed by atoms with Crippen molar-refractivity contribution in [2.75, 3.05) is 6.61 Å². The molecule has 0 aromatic heterocycles. The lowest BCUT2D eigenvalue weighted by Crippen LogP contribution is -2.05. The summed E-state index contributed by atoms with van der Waals surface area (Å²) >= 11 is 3.50. The van der Waals surface area contributed by atoms with Gasteiger partial charge < -0.3 is 4.74 Å². The molecule has 0 saturated heterocycles. The number of rotatable bonds is 3. The fourth-order valence-electron chi connectivity index (χ4n) is 1.17. The van der Waals surface area contributed by atoms with Gasteiger partial charge in [0.2, 0.25) is 0 Å². The summed E-state index contributed by atoms with van der Waals surface area (Å²) in [5.74, 6) is 1.57. The van der Waals surface area contributed by atoms with Crippen LogP contribution < -0.4 is 4.74 Å². The molecule has 0 aliphatic rings. The summed E-state index contributed by atoms with van der Waals surface area (Å²) in [4.78, 5) is 0. The molecule has 0 spiro atoms. The highest BCUT2D eigenvalue weighted by atomic mass is 79.9. The molecule has 78 valence electrons. The lowest BCUT2D eigenvalue weighted by Gasteiger charge is -2.12. The normalized spacial score (nSPS) is 10.7. The van der Waals surface area contributed by atoms with Crippen LogP contribution in [0.5, 0.6) is 5.75 Å². The smallest absolute Gasteiger partial charge is 0.122 e. The summed E-state index contributed by atoms with van der Waals surface area (Å²) in [6, 6.07) is 4.19. The molecule has 2 heteroatoms. The van der Waals surface area contributed by atoms with Crippen molar-refractivity contribution in [1.29, 1.82) is 0 Å². The number of benzene rings is 1. The summed E-state index contributed by atoms with van der Waals surface area (Å²) in [6.45, 7) is 9.23. The third kappa shape index (κ3) is 3.02. The van der Waals surface area contributed by atoms with Gasteiger partial charge in [-0.1, -0.05) is 29.8 Å². The predicted molar refractivity (Wildman–Crippen MR) is 63.9 cm³/mol. The van der Waals surface area contributed by atoms with E-state index in [0.29, 0.717) is 5.92 Å². The van der Waals surface area contributed by atoms with Gasteiger partial charge in [-0.3, -0.25) is 0 Å². The summed E-state index contributed by atoms with van der Waals surface area (Å²) in [5, 5.41) is 0. The Hall–Kier alpha value is -0.500. The summed E-state index contributed by atoms with van der Waals surface area (Å²) < 4.78 is 6.86. The van der Waals surface area contributed by atoms with E-state index in [1.807, 2.05) is 0 Å². The van der Waals surface area contributed by atoms with Crippen LogP contribution in [-0.4, -0.2) is 6.61 Å². The predicted octanol–water partition coefficient (Wildman–Crippen LogP) is 4.10. The Balaban J connectivity index is 2.82. The molecule has 1 aromatic rings. The van der Waals surface area contributed by atoms with Crippen LogP contribution >= 0.6 is 15.9 Å². The van der Waals surface area contributed by atoms with Gasteiger partial charge in [-0.15, -0.1) is 0 Å². The van der Waals surface area contributed by atoms with Gasteiger partial charge in [-0.05, 0) is 43.0 Å². The summed E-state index contributed by atoms with van der Waals surface area (Å²) in [6.07, 6.45) is 0. The van der Waals surface area contributed by atoms with E-state index < -0.39 is 0 Å². The monoisotopic (exact) mass is 256 g/mol. The van der Waals surface area contributed by atoms with Gasteiger partial charge in [0.15, 0.2) is 0 Å². The van der Waals surface area contributed by atoms with Crippen molar-refractivity contribution in [1.82, 2.24) is 0 Å². The highest BCUT2D eigenvalue weighted by Crippen LogP contribution is 2.26. The molecular formula is C12H17BrO. The maximum atomic E-state index is 5.71. The van der Waals surface area contributed by atoms with Crippen LogP contribution in [0, 0.1) is 19.8 Å². The maximum absolute atomic E-state index is 5.71. The van der Waals surface area contributed by atoms with Gasteiger partial charge in [0, 0.05) is 4.47 Å². The van der Waals surface area contributed by atoms with Gasteiger partial charge in [0.1, 0.15) is 5.75 Å². The van der Waals surface area contributed by atoms with E-state index in [9.17, 15) is 0 Å². The molecule has 0 heterocycles. The second kappa shape index (κ2) is 4.83. The van der Waals surface area contributed by atoms with E-state index in [2.05, 4.69) is 55.8 Å². The van der Waals surface area contributed by atoms with E-state index in [1.54, 1.807) is 0 Å². The first-order valence-electron chi connectivity index (χ1n) is 4.90. The van der Waals surface area contributed by atoms with Crippen molar-refractivity contribution >= 4 is 15.9 Å². The zero-order valence-electron chi connectivity index (χ0n) is 9.23. The minimum atomic E-state index is 0.568. The van der Waals surface area contributed by atoms with Crippen LogP contribution in [0.25, 0.3) is 0 Å². The third-order valence-corrected chi connectivity index (χ3v) is 2.88. The first-order chi connectivity index (χ1) is 6.50. The van der Waals surface area contributed by atoms with Gasteiger partial charge in [0.05, 0.1) is 6.61 Å². The number of ether oxygens (including phenoxy) is 1. The quantitative estimate of drug-likeness (QED) is 0.792. The number of halogens is 1. The fourth-order valence-corrected chi connectivity index (χ4v) is 1.62. The zero-order chi connectivity index (χ0) is 10.7. The molecule has 1 aromatic carbocycles. The van der Waals surface area contributed by atoms with E-state index >= 15 is 0 Å². The van der Waals surface area contributed by atoms with E-state index in [0.717, 1.165) is 16.8 Å². The third-order valence-electron chi connectivity index (χ3n) is 2.03. The second-order valence-electron chi connectivity index (χ2n) is 4.07. The Labute approximate surface area is 94.6 Å². The lowest BCUT2D eigenvalue weighted by atomic mass is 10.1. The van der Waals surface area contributed by atoms with Gasteiger partial charge in [0.25, 0.3) is 0 Å². The molecule has 0 aliphatic carbocycles. The molecular weight excluding hydrogens is 240 g/mol. The van der Waals surface area contributed by atoms with Gasteiger partial charge in [-0.2, -0.15) is 0 Å². The minimum Gasteiger partial charge on any atom is -0.493 e. The Morgan fingerprint density at radius 2 is 1.86 bits per heavy atom. The fraction of sp³-hybridized carbons (Fsp3) is 0.500. The molecule has 0 aliphatic heterocycles. The number of hydrogen-bond donors (Lipinski definition) is 0. The lowest BCUT2D eigenvalue weighted by molar-refractivity contribution is 0.269. The largest absolute Gasteiger partial charge is 0.493 e. The van der Waals surface area contributed by atoms with E-state index in [-0.39, 0.29) is 0 Å². The van der Waals surface area contributed by atoms with Crippen LogP contribution in [0.3, 0.4) is 0 Å². The molecule has 0 unspecified atom stereocenters. The average Bonchev–Trinajstić information content (AvgIpc) is 2.09. The molecule has 0 bridgehead atoms. The Morgan fingerprint density at radius 1 is 1.21 bits per heavy atom. The summed E-state index contributed by atoms with van der Waals surface area (Å²) in [5.41, 5.74) is 2.40. The Morgan fingerprint density at radius 3 is 2.43 bits per heavy atom. The minimum absolute atomic E-state index is 0.568. The molecule has 14 heavy (non-hydrogen) atoms. The van der Waals surface area contributed by atoms with Gasteiger partial charge in [-0.25, -0.2) is 0 Å². The average molecular weight is 257 g/mol. The molecule has 0 saturated carbocycles. The molecule has 1 nitrogen and oxygen atoms in total. The molecule has 1 rings (SSSR count). The molecule has 0 atom stereocenters. The van der Waals surface area contributed by atoms with Gasteiger partial charge >= 0.3 is 0 Å². The number of aryl methyl sites for hydroxylation is 2. The molecule has 0 radical (unpaired) electrons. The molecule has 0 N–H and O–H groups in total. The van der Waals surface area contributed by atoms with Crippen LogP contribution in [0.1, 0.15) is 25.0 Å².